The van der Waals surface area contributed by atoms with E-state index in [-0.39, 0.29) is 12.5 Å². The van der Waals surface area contributed by atoms with Crippen molar-refractivity contribution in [3.05, 3.63) is 52.4 Å². The lowest BCUT2D eigenvalue weighted by molar-refractivity contribution is -0.131. The minimum Gasteiger partial charge on any atom is -0.340 e. The molecule has 4 heterocycles. The molecule has 0 fully saturated rings. The molecule has 8 heteroatoms. The second-order valence-corrected chi connectivity index (χ2v) is 8.44. The number of aryl methyl sites for hydroxylation is 3. The lowest BCUT2D eigenvalue weighted by Crippen LogP contribution is -2.30. The number of carbonyl (C=O) groups is 1. The van der Waals surface area contributed by atoms with Gasteiger partial charge in [0, 0.05) is 48.0 Å². The number of rotatable bonds is 6. The minimum absolute atomic E-state index is 0.00854. The van der Waals surface area contributed by atoms with Crippen LogP contribution in [-0.2, 0) is 24.4 Å². The van der Waals surface area contributed by atoms with Gasteiger partial charge in [0.25, 0.3) is 0 Å². The molecule has 0 radical (unpaired) electrons. The van der Waals surface area contributed by atoms with Crippen LogP contribution in [0.5, 0.6) is 0 Å². The van der Waals surface area contributed by atoms with Crippen LogP contribution in [0.1, 0.15) is 29.6 Å². The molecule has 1 amide bonds. The molecule has 7 nitrogen and oxygen atoms in total. The highest BCUT2D eigenvalue weighted by Gasteiger charge is 2.20. The Kier molecular flexibility index (Phi) is 5.42. The van der Waals surface area contributed by atoms with Crippen LogP contribution in [0, 0.1) is 20.8 Å². The first-order valence-electron chi connectivity index (χ1n) is 10.0. The topological polar surface area (TPSA) is 68.8 Å². The zero-order chi connectivity index (χ0) is 21.4. The van der Waals surface area contributed by atoms with Crippen LogP contribution < -0.4 is 0 Å². The van der Waals surface area contributed by atoms with Gasteiger partial charge in [-0.25, -0.2) is 9.67 Å². The molecule has 0 saturated heterocycles. The lowest BCUT2D eigenvalue weighted by atomic mass is 10.1. The van der Waals surface area contributed by atoms with Gasteiger partial charge in [-0.15, -0.1) is 11.3 Å². The SMILES string of the molecule is CCn1nc(C)c(CN(C)C(=O)Cn2nc(C)c3c(-c4cccs4)ccnc32)c1C. The Bertz CT molecular complexity index is 1200. The number of nitrogens with zero attached hydrogens (tertiary/aromatic N) is 6. The minimum atomic E-state index is -0.00854. The van der Waals surface area contributed by atoms with Gasteiger partial charge in [0.15, 0.2) is 5.65 Å². The molecule has 4 aromatic rings. The van der Waals surface area contributed by atoms with Crippen molar-refractivity contribution in [1.82, 2.24) is 29.4 Å². The fraction of sp³-hybridized carbons (Fsp3) is 0.364. The summed E-state index contributed by atoms with van der Waals surface area (Å²) < 4.78 is 3.69. The Morgan fingerprint density at radius 3 is 2.57 bits per heavy atom. The van der Waals surface area contributed by atoms with E-state index in [4.69, 9.17) is 0 Å². The number of fused-ring (bicyclic) bond motifs is 1. The zero-order valence-electron chi connectivity index (χ0n) is 18.0. The average Bonchev–Trinajstić information content (AvgIpc) is 3.43. The van der Waals surface area contributed by atoms with Crippen LogP contribution in [0.3, 0.4) is 0 Å². The molecule has 0 N–H and O–H groups in total. The van der Waals surface area contributed by atoms with E-state index in [1.54, 1.807) is 27.1 Å². The molecule has 156 valence electrons. The number of hydrogen-bond acceptors (Lipinski definition) is 5. The number of amides is 1. The second-order valence-electron chi connectivity index (χ2n) is 7.49. The second kappa shape index (κ2) is 8.02. The van der Waals surface area contributed by atoms with Crippen molar-refractivity contribution in [1.29, 1.82) is 0 Å². The molecule has 4 aromatic heterocycles. The third-order valence-corrected chi connectivity index (χ3v) is 6.43. The summed E-state index contributed by atoms with van der Waals surface area (Å²) in [6.07, 6.45) is 1.79. The van der Waals surface area contributed by atoms with E-state index in [0.717, 1.165) is 45.8 Å². The molecule has 0 aliphatic heterocycles. The first kappa shape index (κ1) is 20.3. The van der Waals surface area contributed by atoms with Gasteiger partial charge in [-0.3, -0.25) is 9.48 Å². The van der Waals surface area contributed by atoms with Crippen molar-refractivity contribution >= 4 is 28.3 Å². The predicted octanol–water partition coefficient (Wildman–Crippen LogP) is 3.96. The number of thiophene rings is 1. The van der Waals surface area contributed by atoms with Crippen molar-refractivity contribution in [2.24, 2.45) is 0 Å². The van der Waals surface area contributed by atoms with Gasteiger partial charge < -0.3 is 4.90 Å². The Labute approximate surface area is 180 Å². The van der Waals surface area contributed by atoms with Crippen LogP contribution in [0.2, 0.25) is 0 Å². The van der Waals surface area contributed by atoms with Gasteiger partial charge in [0.1, 0.15) is 6.54 Å². The molecule has 4 rings (SSSR count). The van der Waals surface area contributed by atoms with E-state index in [9.17, 15) is 4.79 Å². The summed E-state index contributed by atoms with van der Waals surface area (Å²) in [4.78, 5) is 20.4. The van der Waals surface area contributed by atoms with Gasteiger partial charge >= 0.3 is 0 Å². The molecule has 0 atom stereocenters. The molecule has 0 unspecified atom stereocenters. The fourth-order valence-corrected chi connectivity index (χ4v) is 4.63. The number of pyridine rings is 1. The van der Waals surface area contributed by atoms with E-state index in [0.29, 0.717) is 6.54 Å². The van der Waals surface area contributed by atoms with Crippen LogP contribution in [-0.4, -0.2) is 42.4 Å². The van der Waals surface area contributed by atoms with Crippen molar-refractivity contribution < 1.29 is 4.79 Å². The largest absolute Gasteiger partial charge is 0.340 e. The Hall–Kier alpha value is -3.00. The third kappa shape index (κ3) is 3.52. The highest BCUT2D eigenvalue weighted by molar-refractivity contribution is 7.13. The number of hydrogen-bond donors (Lipinski definition) is 0. The number of likely N-dealkylation sites (N-methyl/N-ethyl adjacent to an activating group) is 1. The Balaban J connectivity index is 1.59. The summed E-state index contributed by atoms with van der Waals surface area (Å²) in [6.45, 7) is 9.59. The van der Waals surface area contributed by atoms with Gasteiger partial charge in [-0.2, -0.15) is 10.2 Å². The molecule has 0 saturated carbocycles. The lowest BCUT2D eigenvalue weighted by Gasteiger charge is -2.18. The van der Waals surface area contributed by atoms with Crippen LogP contribution in [0.25, 0.3) is 21.5 Å². The molecule has 0 bridgehead atoms. The van der Waals surface area contributed by atoms with Crippen molar-refractivity contribution in [3.63, 3.8) is 0 Å². The standard InChI is InChI=1S/C22H26N6OS/c1-6-27-16(4)18(14(2)24-27)12-26(5)20(29)13-28-22-21(15(3)25-28)17(9-10-23-22)19-8-7-11-30-19/h7-11H,6,12-13H2,1-5H3. The number of carbonyl (C=O) groups excluding carboxylic acids is 1. The average molecular weight is 423 g/mol. The van der Waals surface area contributed by atoms with E-state index < -0.39 is 0 Å². The van der Waals surface area contributed by atoms with E-state index in [1.165, 1.54) is 4.88 Å². The van der Waals surface area contributed by atoms with Crippen LogP contribution in [0.15, 0.2) is 29.8 Å². The predicted molar refractivity (Wildman–Crippen MR) is 119 cm³/mol. The Morgan fingerprint density at radius 2 is 1.90 bits per heavy atom. The first-order chi connectivity index (χ1) is 14.4. The number of aromatic nitrogens is 5. The molecular formula is C22H26N6OS. The van der Waals surface area contributed by atoms with E-state index in [2.05, 4.69) is 40.5 Å². The highest BCUT2D eigenvalue weighted by Crippen LogP contribution is 2.32. The molecule has 30 heavy (non-hydrogen) atoms. The van der Waals surface area contributed by atoms with Crippen molar-refractivity contribution in [2.75, 3.05) is 7.05 Å². The quantitative estimate of drug-likeness (QED) is 0.472. The molecule has 0 spiro atoms. The molecule has 0 aromatic carbocycles. The molecular weight excluding hydrogens is 396 g/mol. The maximum absolute atomic E-state index is 13.0. The smallest absolute Gasteiger partial charge is 0.244 e. The van der Waals surface area contributed by atoms with Gasteiger partial charge in [-0.05, 0) is 45.2 Å². The summed E-state index contributed by atoms with van der Waals surface area (Å²) in [7, 11) is 1.83. The highest BCUT2D eigenvalue weighted by atomic mass is 32.1. The fourth-order valence-electron chi connectivity index (χ4n) is 3.87. The maximum atomic E-state index is 13.0. The first-order valence-corrected chi connectivity index (χ1v) is 10.9. The van der Waals surface area contributed by atoms with Crippen LogP contribution >= 0.6 is 11.3 Å². The summed E-state index contributed by atoms with van der Waals surface area (Å²) in [5.74, 6) is -0.00854. The van der Waals surface area contributed by atoms with Gasteiger partial charge in [-0.1, -0.05) is 6.07 Å². The summed E-state index contributed by atoms with van der Waals surface area (Å²) in [6, 6.07) is 6.14. The summed E-state index contributed by atoms with van der Waals surface area (Å²) in [5, 5.41) is 12.3. The monoisotopic (exact) mass is 422 g/mol. The Morgan fingerprint density at radius 1 is 1.13 bits per heavy atom. The van der Waals surface area contributed by atoms with Crippen molar-refractivity contribution in [3.8, 4) is 10.4 Å². The van der Waals surface area contributed by atoms with Gasteiger partial charge in [0.2, 0.25) is 5.91 Å². The van der Waals surface area contributed by atoms with E-state index >= 15 is 0 Å². The normalized spacial score (nSPS) is 11.4. The summed E-state index contributed by atoms with van der Waals surface area (Å²) >= 11 is 1.69. The molecule has 0 aliphatic rings. The van der Waals surface area contributed by atoms with Crippen molar-refractivity contribution in [2.45, 2.75) is 47.3 Å². The van der Waals surface area contributed by atoms with Crippen LogP contribution in [0.4, 0.5) is 0 Å². The van der Waals surface area contributed by atoms with Gasteiger partial charge in [0.05, 0.1) is 16.8 Å². The molecule has 0 aliphatic carbocycles. The van der Waals surface area contributed by atoms with E-state index in [1.807, 2.05) is 37.7 Å². The summed E-state index contributed by atoms with van der Waals surface area (Å²) in [5.41, 5.74) is 5.92. The third-order valence-electron chi connectivity index (χ3n) is 5.53. The maximum Gasteiger partial charge on any atom is 0.244 e. The zero-order valence-corrected chi connectivity index (χ0v) is 18.8.